The predicted molar refractivity (Wildman–Crippen MR) is 88.3 cm³/mol. The van der Waals surface area contributed by atoms with E-state index < -0.39 is 17.6 Å². The average molecular weight is 393 g/mol. The molecule has 2 aromatic carbocycles. The molecule has 134 valence electrons. The fraction of sp³-hybridized carbons (Fsp3) is 0.125. The van der Waals surface area contributed by atoms with Crippen molar-refractivity contribution < 1.29 is 33.0 Å². The van der Waals surface area contributed by atoms with Crippen molar-refractivity contribution in [2.24, 2.45) is 0 Å². The van der Waals surface area contributed by atoms with Gasteiger partial charge in [0.25, 0.3) is 0 Å². The predicted octanol–water partition coefficient (Wildman–Crippen LogP) is 4.49. The smallest absolute Gasteiger partial charge is 0.337 e. The molecule has 2 aromatic rings. The SMILES string of the molecule is COc1c(F)ccc(C(=O)O)c1Cl.COc1c(F)ccc(C=O)c1Cl. The standard InChI is InChI=1S/C8H6ClFO3.C8H6ClFO2/c1-13-7-5(10)3-2-4(6(7)9)8(11)12;1-12-8-6(10)3-2-5(4-11)7(8)9/h2-3H,1H3,(H,11,12);2-4H,1H3. The van der Waals surface area contributed by atoms with Crippen LogP contribution >= 0.6 is 23.2 Å². The highest BCUT2D eigenvalue weighted by Gasteiger charge is 2.16. The average Bonchev–Trinajstić information content (AvgIpc) is 2.56. The lowest BCUT2D eigenvalue weighted by Gasteiger charge is -2.05. The van der Waals surface area contributed by atoms with Gasteiger partial charge in [0.1, 0.15) is 5.02 Å². The first-order valence-corrected chi connectivity index (χ1v) is 7.26. The Morgan fingerprint density at radius 2 is 1.48 bits per heavy atom. The van der Waals surface area contributed by atoms with Gasteiger partial charge in [-0.25, -0.2) is 13.6 Å². The molecular weight excluding hydrogens is 381 g/mol. The topological polar surface area (TPSA) is 72.8 Å². The number of methoxy groups -OCH3 is 2. The largest absolute Gasteiger partial charge is 0.492 e. The van der Waals surface area contributed by atoms with Gasteiger partial charge in [-0.15, -0.1) is 0 Å². The molecule has 5 nitrogen and oxygen atoms in total. The van der Waals surface area contributed by atoms with Crippen molar-refractivity contribution in [3.8, 4) is 11.5 Å². The van der Waals surface area contributed by atoms with Crippen LogP contribution in [0.4, 0.5) is 8.78 Å². The monoisotopic (exact) mass is 392 g/mol. The molecule has 0 aromatic heterocycles. The summed E-state index contributed by atoms with van der Waals surface area (Å²) in [6, 6.07) is 4.51. The Bertz CT molecular complexity index is 797. The van der Waals surface area contributed by atoms with Crippen LogP contribution in [-0.4, -0.2) is 31.6 Å². The van der Waals surface area contributed by atoms with Crippen LogP contribution in [0.5, 0.6) is 11.5 Å². The summed E-state index contributed by atoms with van der Waals surface area (Å²) in [5, 5.41) is 8.39. The maximum atomic E-state index is 12.9. The number of carbonyl (C=O) groups excluding carboxylic acids is 1. The van der Waals surface area contributed by atoms with Crippen molar-refractivity contribution in [3.05, 3.63) is 57.1 Å². The Kier molecular flexibility index (Phi) is 7.60. The molecule has 0 radical (unpaired) electrons. The lowest BCUT2D eigenvalue weighted by molar-refractivity contribution is 0.0696. The van der Waals surface area contributed by atoms with Crippen LogP contribution in [0.2, 0.25) is 10.0 Å². The third kappa shape index (κ3) is 4.80. The highest BCUT2D eigenvalue weighted by Crippen LogP contribution is 2.31. The Labute approximate surface area is 151 Å². The number of carboxylic acids is 1. The minimum Gasteiger partial charge on any atom is -0.492 e. The molecule has 2 rings (SSSR count). The third-order valence-corrected chi connectivity index (χ3v) is 3.66. The summed E-state index contributed by atoms with van der Waals surface area (Å²) in [7, 11) is 2.51. The molecule has 0 saturated heterocycles. The van der Waals surface area contributed by atoms with Crippen LogP contribution in [0.3, 0.4) is 0 Å². The number of rotatable bonds is 4. The summed E-state index contributed by atoms with van der Waals surface area (Å²) in [4.78, 5) is 20.9. The molecule has 0 aliphatic heterocycles. The molecule has 0 bridgehead atoms. The molecule has 0 aliphatic rings. The van der Waals surface area contributed by atoms with Crippen LogP contribution in [0, 0.1) is 11.6 Å². The van der Waals surface area contributed by atoms with Crippen LogP contribution in [0.25, 0.3) is 0 Å². The van der Waals surface area contributed by atoms with Crippen LogP contribution in [-0.2, 0) is 0 Å². The lowest BCUT2D eigenvalue weighted by Crippen LogP contribution is -2.00. The van der Waals surface area contributed by atoms with Gasteiger partial charge < -0.3 is 14.6 Å². The first-order chi connectivity index (χ1) is 11.8. The van der Waals surface area contributed by atoms with E-state index in [0.29, 0.717) is 6.29 Å². The molecule has 1 N–H and O–H groups in total. The fourth-order valence-corrected chi connectivity index (χ4v) is 2.30. The molecule has 0 spiro atoms. The summed E-state index contributed by atoms with van der Waals surface area (Å²) in [5.74, 6) is -2.82. The molecule has 0 heterocycles. The second-order valence-electron chi connectivity index (χ2n) is 4.35. The van der Waals surface area contributed by atoms with Gasteiger partial charge in [0.15, 0.2) is 29.4 Å². The lowest BCUT2D eigenvalue weighted by atomic mass is 10.2. The number of ether oxygens (including phenoxy) is 2. The molecule has 0 amide bonds. The maximum absolute atomic E-state index is 12.9. The number of aldehydes is 1. The Morgan fingerprint density at radius 1 is 1.00 bits per heavy atom. The normalized spacial score (nSPS) is 9.68. The number of aromatic carboxylic acids is 1. The molecule has 0 unspecified atom stereocenters. The van der Waals surface area contributed by atoms with E-state index in [2.05, 4.69) is 9.47 Å². The Morgan fingerprint density at radius 3 is 1.92 bits per heavy atom. The molecule has 0 saturated carbocycles. The number of hydrogen-bond donors (Lipinski definition) is 1. The van der Waals surface area contributed by atoms with Crippen molar-refractivity contribution in [3.63, 3.8) is 0 Å². The van der Waals surface area contributed by atoms with E-state index in [-0.39, 0.29) is 32.7 Å². The zero-order valence-electron chi connectivity index (χ0n) is 13.0. The van der Waals surface area contributed by atoms with E-state index in [1.165, 1.54) is 20.3 Å². The number of carboxylic acid groups (broad SMARTS) is 1. The van der Waals surface area contributed by atoms with Gasteiger partial charge in [-0.2, -0.15) is 0 Å². The molecular formula is C16H12Cl2F2O5. The minimum atomic E-state index is -1.22. The van der Waals surface area contributed by atoms with Gasteiger partial charge in [0.2, 0.25) is 0 Å². The Hall–Kier alpha value is -2.38. The van der Waals surface area contributed by atoms with Crippen molar-refractivity contribution in [1.29, 1.82) is 0 Å². The first kappa shape index (κ1) is 20.7. The molecule has 0 atom stereocenters. The highest BCUT2D eigenvalue weighted by molar-refractivity contribution is 6.35. The number of hydrogen-bond acceptors (Lipinski definition) is 4. The summed E-state index contributed by atoms with van der Waals surface area (Å²) in [6.07, 6.45) is 0.546. The second-order valence-corrected chi connectivity index (χ2v) is 5.10. The quantitative estimate of drug-likeness (QED) is 0.776. The van der Waals surface area contributed by atoms with Gasteiger partial charge in [-0.05, 0) is 24.3 Å². The summed E-state index contributed by atoms with van der Waals surface area (Å²) < 4.78 is 35.0. The van der Waals surface area contributed by atoms with Crippen molar-refractivity contribution in [2.75, 3.05) is 14.2 Å². The van der Waals surface area contributed by atoms with Gasteiger partial charge in [0, 0.05) is 5.56 Å². The van der Waals surface area contributed by atoms with Crippen molar-refractivity contribution in [1.82, 2.24) is 0 Å². The molecule has 0 fully saturated rings. The maximum Gasteiger partial charge on any atom is 0.337 e. The van der Waals surface area contributed by atoms with E-state index in [9.17, 15) is 18.4 Å². The molecule has 9 heteroatoms. The number of benzene rings is 2. The highest BCUT2D eigenvalue weighted by atomic mass is 35.5. The van der Waals surface area contributed by atoms with Crippen molar-refractivity contribution >= 4 is 35.5 Å². The van der Waals surface area contributed by atoms with Crippen LogP contribution in [0.15, 0.2) is 24.3 Å². The van der Waals surface area contributed by atoms with E-state index >= 15 is 0 Å². The van der Waals surface area contributed by atoms with E-state index in [0.717, 1.165) is 18.2 Å². The van der Waals surface area contributed by atoms with E-state index in [4.69, 9.17) is 28.3 Å². The third-order valence-electron chi connectivity index (χ3n) is 2.89. The second kappa shape index (κ2) is 9.19. The molecule has 0 aliphatic carbocycles. The van der Waals surface area contributed by atoms with E-state index in [1.54, 1.807) is 0 Å². The summed E-state index contributed by atoms with van der Waals surface area (Å²) in [6.45, 7) is 0. The van der Waals surface area contributed by atoms with Crippen molar-refractivity contribution in [2.45, 2.75) is 0 Å². The van der Waals surface area contributed by atoms with Crippen LogP contribution in [0.1, 0.15) is 20.7 Å². The Balaban J connectivity index is 0.000000251. The van der Waals surface area contributed by atoms with Gasteiger partial charge in [0.05, 0.1) is 24.8 Å². The zero-order chi connectivity index (χ0) is 19.1. The number of carbonyl (C=O) groups is 2. The summed E-state index contributed by atoms with van der Waals surface area (Å²) >= 11 is 11.2. The fourth-order valence-electron chi connectivity index (χ4n) is 1.71. The van der Waals surface area contributed by atoms with E-state index in [1.807, 2.05) is 0 Å². The first-order valence-electron chi connectivity index (χ1n) is 6.50. The number of halogens is 4. The van der Waals surface area contributed by atoms with Gasteiger partial charge >= 0.3 is 5.97 Å². The summed E-state index contributed by atoms with van der Waals surface area (Å²) in [5.41, 5.74) is 0.0369. The molecule has 25 heavy (non-hydrogen) atoms. The van der Waals surface area contributed by atoms with Crippen LogP contribution < -0.4 is 9.47 Å². The minimum absolute atomic E-state index is 0.00694. The zero-order valence-corrected chi connectivity index (χ0v) is 14.5. The van der Waals surface area contributed by atoms with Gasteiger partial charge in [-0.3, -0.25) is 4.79 Å². The van der Waals surface area contributed by atoms with Gasteiger partial charge in [-0.1, -0.05) is 23.2 Å².